The summed E-state index contributed by atoms with van der Waals surface area (Å²) in [5.41, 5.74) is 4.39. The number of furan rings is 1. The van der Waals surface area contributed by atoms with E-state index in [1.165, 1.54) is 0 Å². The highest BCUT2D eigenvalue weighted by molar-refractivity contribution is 5.93. The van der Waals surface area contributed by atoms with Crippen molar-refractivity contribution in [2.24, 2.45) is 0 Å². The van der Waals surface area contributed by atoms with Gasteiger partial charge >= 0.3 is 0 Å². The van der Waals surface area contributed by atoms with E-state index in [0.29, 0.717) is 24.5 Å². The number of carbonyl (C=O) groups excluding carboxylic acids is 1. The fourth-order valence-corrected chi connectivity index (χ4v) is 3.68. The molecule has 2 heterocycles. The van der Waals surface area contributed by atoms with Crippen LogP contribution in [0.4, 0.5) is 5.82 Å². The Morgan fingerprint density at radius 3 is 2.71 bits per heavy atom. The van der Waals surface area contributed by atoms with E-state index in [1.807, 2.05) is 61.6 Å². The Balaban J connectivity index is 1.76. The first kappa shape index (κ1) is 22.2. The van der Waals surface area contributed by atoms with Gasteiger partial charge in [-0.1, -0.05) is 17.7 Å². The molecule has 0 saturated carbocycles. The van der Waals surface area contributed by atoms with E-state index in [2.05, 4.69) is 17.5 Å². The lowest BCUT2D eigenvalue weighted by Gasteiger charge is -2.19. The first-order valence-corrected chi connectivity index (χ1v) is 10.1. The highest BCUT2D eigenvalue weighted by atomic mass is 16.5. The molecule has 0 bridgehead atoms. The smallest absolute Gasteiger partial charge is 0.239 e. The molecule has 3 rings (SSSR count). The number of ether oxygens (including phenoxy) is 1. The zero-order valence-electron chi connectivity index (χ0n) is 18.7. The fraction of sp³-hybridized carbons (Fsp3) is 0.333. The minimum atomic E-state index is -0.191. The number of aromatic nitrogens is 1. The van der Waals surface area contributed by atoms with Gasteiger partial charge in [-0.2, -0.15) is 5.26 Å². The Kier molecular flexibility index (Phi) is 6.83. The third-order valence-corrected chi connectivity index (χ3v) is 5.38. The first-order chi connectivity index (χ1) is 14.8. The van der Waals surface area contributed by atoms with Crippen LogP contribution >= 0.6 is 0 Å². The number of rotatable bonds is 8. The van der Waals surface area contributed by atoms with E-state index >= 15 is 0 Å². The van der Waals surface area contributed by atoms with Gasteiger partial charge in [-0.15, -0.1) is 0 Å². The minimum absolute atomic E-state index is 0.173. The molecule has 3 aromatic rings. The van der Waals surface area contributed by atoms with Crippen LogP contribution in [0.15, 0.2) is 41.0 Å². The molecule has 7 nitrogen and oxygen atoms in total. The van der Waals surface area contributed by atoms with Crippen LogP contribution in [-0.4, -0.2) is 36.1 Å². The lowest BCUT2D eigenvalue weighted by atomic mass is 10.1. The number of nitrogens with zero attached hydrogens (tertiary/aromatic N) is 3. The number of benzene rings is 1. The van der Waals surface area contributed by atoms with Gasteiger partial charge in [0.1, 0.15) is 23.4 Å². The van der Waals surface area contributed by atoms with Crippen LogP contribution in [0.3, 0.4) is 0 Å². The summed E-state index contributed by atoms with van der Waals surface area (Å²) in [6, 6.07) is 11.9. The third-order valence-electron chi connectivity index (χ3n) is 5.38. The molecule has 0 fully saturated rings. The fourth-order valence-electron chi connectivity index (χ4n) is 3.68. The number of aryl methyl sites for hydroxylation is 1. The monoisotopic (exact) mass is 420 g/mol. The Morgan fingerprint density at radius 2 is 2.06 bits per heavy atom. The second-order valence-electron chi connectivity index (χ2n) is 7.75. The third kappa shape index (κ3) is 4.98. The number of likely N-dealkylation sites (N-methyl/N-ethyl adjacent to an activating group) is 1. The summed E-state index contributed by atoms with van der Waals surface area (Å²) in [7, 11) is 3.52. The normalized spacial score (nSPS) is 10.9. The van der Waals surface area contributed by atoms with Crippen molar-refractivity contribution in [3.05, 3.63) is 70.3 Å². The van der Waals surface area contributed by atoms with E-state index in [4.69, 9.17) is 9.15 Å². The van der Waals surface area contributed by atoms with Gasteiger partial charge in [0.2, 0.25) is 5.91 Å². The van der Waals surface area contributed by atoms with Crippen molar-refractivity contribution in [3.8, 4) is 11.8 Å². The Labute approximate surface area is 182 Å². The van der Waals surface area contributed by atoms with Crippen molar-refractivity contribution in [1.82, 2.24) is 9.47 Å². The molecule has 0 spiro atoms. The summed E-state index contributed by atoms with van der Waals surface area (Å²) in [6.07, 6.45) is 1.61. The van der Waals surface area contributed by atoms with E-state index in [9.17, 15) is 10.1 Å². The van der Waals surface area contributed by atoms with Gasteiger partial charge in [-0.25, -0.2) is 0 Å². The van der Waals surface area contributed by atoms with E-state index < -0.39 is 0 Å². The molecule has 2 aromatic heterocycles. The summed E-state index contributed by atoms with van der Waals surface area (Å²) in [5, 5.41) is 12.6. The van der Waals surface area contributed by atoms with Gasteiger partial charge in [0.25, 0.3) is 0 Å². The van der Waals surface area contributed by atoms with Crippen molar-refractivity contribution in [1.29, 1.82) is 5.26 Å². The van der Waals surface area contributed by atoms with Gasteiger partial charge in [-0.3, -0.25) is 9.69 Å². The average molecular weight is 421 g/mol. The number of carbonyl (C=O) groups is 1. The zero-order valence-corrected chi connectivity index (χ0v) is 18.7. The average Bonchev–Trinajstić information content (AvgIpc) is 3.31. The zero-order chi connectivity index (χ0) is 22.5. The maximum Gasteiger partial charge on any atom is 0.239 e. The summed E-state index contributed by atoms with van der Waals surface area (Å²) in [6.45, 7) is 7.02. The summed E-state index contributed by atoms with van der Waals surface area (Å²) >= 11 is 0. The molecule has 1 amide bonds. The van der Waals surface area contributed by atoms with E-state index in [-0.39, 0.29) is 12.5 Å². The molecule has 1 aromatic carbocycles. The maximum atomic E-state index is 12.8. The summed E-state index contributed by atoms with van der Waals surface area (Å²) < 4.78 is 12.8. The van der Waals surface area contributed by atoms with Crippen molar-refractivity contribution in [3.63, 3.8) is 0 Å². The number of nitriles is 1. The lowest BCUT2D eigenvalue weighted by Crippen LogP contribution is -2.31. The van der Waals surface area contributed by atoms with Gasteiger partial charge in [0.05, 0.1) is 32.0 Å². The van der Waals surface area contributed by atoms with Crippen LogP contribution in [0, 0.1) is 32.1 Å². The second kappa shape index (κ2) is 9.54. The molecule has 162 valence electrons. The molecule has 0 radical (unpaired) electrons. The second-order valence-corrected chi connectivity index (χ2v) is 7.75. The molecule has 7 heteroatoms. The topological polar surface area (TPSA) is 83.4 Å². The van der Waals surface area contributed by atoms with Crippen molar-refractivity contribution in [2.45, 2.75) is 33.9 Å². The Bertz CT molecular complexity index is 1110. The highest BCUT2D eigenvalue weighted by Gasteiger charge is 2.21. The molecular formula is C24H28N4O3. The molecule has 31 heavy (non-hydrogen) atoms. The van der Waals surface area contributed by atoms with Crippen molar-refractivity contribution >= 4 is 11.7 Å². The largest absolute Gasteiger partial charge is 0.496 e. The van der Waals surface area contributed by atoms with Gasteiger partial charge < -0.3 is 19.0 Å². The van der Waals surface area contributed by atoms with Gasteiger partial charge in [0, 0.05) is 17.8 Å². The van der Waals surface area contributed by atoms with Crippen LogP contribution in [0.1, 0.15) is 33.7 Å². The number of nitrogens with one attached hydrogen (secondary N) is 1. The highest BCUT2D eigenvalue weighted by Crippen LogP contribution is 2.27. The number of amides is 1. The Hall–Kier alpha value is -3.50. The molecule has 0 unspecified atom stereocenters. The Morgan fingerprint density at radius 1 is 1.29 bits per heavy atom. The van der Waals surface area contributed by atoms with Gasteiger partial charge in [-0.05, 0) is 51.6 Å². The van der Waals surface area contributed by atoms with E-state index in [1.54, 1.807) is 13.4 Å². The molecule has 0 aliphatic rings. The summed E-state index contributed by atoms with van der Waals surface area (Å²) in [4.78, 5) is 14.8. The number of hydrogen-bond donors (Lipinski definition) is 1. The maximum absolute atomic E-state index is 12.8. The number of anilines is 1. The van der Waals surface area contributed by atoms with Crippen molar-refractivity contribution < 1.29 is 13.9 Å². The van der Waals surface area contributed by atoms with Crippen LogP contribution in [0.25, 0.3) is 0 Å². The molecule has 0 saturated heterocycles. The van der Waals surface area contributed by atoms with Gasteiger partial charge in [0.15, 0.2) is 0 Å². The predicted octanol–water partition coefficient (Wildman–Crippen LogP) is 4.01. The van der Waals surface area contributed by atoms with Crippen LogP contribution in [0.2, 0.25) is 0 Å². The van der Waals surface area contributed by atoms with Crippen molar-refractivity contribution in [2.75, 3.05) is 26.0 Å². The lowest BCUT2D eigenvalue weighted by molar-refractivity contribution is -0.117. The van der Waals surface area contributed by atoms with Crippen LogP contribution in [0.5, 0.6) is 5.75 Å². The van der Waals surface area contributed by atoms with Crippen LogP contribution in [-0.2, 0) is 17.9 Å². The summed E-state index contributed by atoms with van der Waals surface area (Å²) in [5.74, 6) is 1.86. The predicted molar refractivity (Wildman–Crippen MR) is 119 cm³/mol. The van der Waals surface area contributed by atoms with Crippen LogP contribution < -0.4 is 10.1 Å². The first-order valence-electron chi connectivity index (χ1n) is 10.1. The van der Waals surface area contributed by atoms with E-state index in [0.717, 1.165) is 33.9 Å². The number of methoxy groups -OCH3 is 1. The molecule has 1 N–H and O–H groups in total. The molecule has 0 aliphatic carbocycles. The minimum Gasteiger partial charge on any atom is -0.496 e. The molecule has 0 atom stereocenters. The SMILES string of the molecule is COc1ccc(C)cc1CN(C)CC(=O)Nc1c(C#N)c(C)c(C)n1Cc1ccco1. The molecular weight excluding hydrogens is 392 g/mol. The quantitative estimate of drug-likeness (QED) is 0.595. The standard InChI is InChI=1S/C24H28N4O3/c1-16-8-9-22(30-5)19(11-16)13-27(4)15-23(29)26-24-21(12-25)17(2)18(3)28(24)14-20-7-6-10-31-20/h6-11H,13-15H2,1-5H3,(H,26,29). The number of hydrogen-bond acceptors (Lipinski definition) is 5. The molecule has 0 aliphatic heterocycles.